The molecule has 43 heavy (non-hydrogen) atoms. The van der Waals surface area contributed by atoms with Crippen molar-refractivity contribution < 1.29 is 28.7 Å². The topological polar surface area (TPSA) is 204 Å². The molecule has 2 aromatic heterocycles. The van der Waals surface area contributed by atoms with Crippen LogP contribution in [0.25, 0.3) is 11.2 Å². The molecule has 0 spiro atoms. The van der Waals surface area contributed by atoms with Gasteiger partial charge in [-0.25, -0.2) is 4.79 Å². The lowest BCUT2D eigenvalue weighted by molar-refractivity contribution is -0.138. The van der Waals surface area contributed by atoms with Crippen LogP contribution in [0.3, 0.4) is 0 Å². The van der Waals surface area contributed by atoms with E-state index < -0.39 is 5.69 Å². The van der Waals surface area contributed by atoms with Gasteiger partial charge in [-0.2, -0.15) is 21.7 Å². The fourth-order valence-corrected chi connectivity index (χ4v) is 5.03. The van der Waals surface area contributed by atoms with Gasteiger partial charge in [0, 0.05) is 46.0 Å². The number of nitrogens with zero attached hydrogens (tertiary/aromatic N) is 4. The second-order valence-corrected chi connectivity index (χ2v) is 10.7. The Balaban J connectivity index is 1.22. The molecule has 3 heterocycles. The number of carbonyl (C=O) groups is 4. The number of imide groups is 1. The van der Waals surface area contributed by atoms with Crippen LogP contribution in [-0.4, -0.2) is 93.0 Å². The number of hydrogen-bond donors (Lipinski definition) is 4. The van der Waals surface area contributed by atoms with Gasteiger partial charge in [-0.3, -0.25) is 28.6 Å². The molecule has 15 nitrogen and oxygen atoms in total. The Morgan fingerprint density at radius 2 is 1.77 bits per heavy atom. The molecule has 1 saturated heterocycles. The number of thioether (sulfide) groups is 1. The Hall–Kier alpha value is -4.44. The largest absolute Gasteiger partial charge is 0.461 e. The summed E-state index contributed by atoms with van der Waals surface area (Å²) >= 11 is 1.33. The van der Waals surface area contributed by atoms with Crippen LogP contribution in [0.15, 0.2) is 29.1 Å². The molecule has 1 aromatic carbocycles. The molecular weight excluding hydrogens is 580 g/mol. The molecule has 0 aliphatic carbocycles. The predicted octanol–water partition coefficient (Wildman–Crippen LogP) is -0.222. The number of nitrogen functional groups attached to an aromatic ring is 1. The summed E-state index contributed by atoms with van der Waals surface area (Å²) in [6, 6.07) is 7.36. The van der Waals surface area contributed by atoms with Gasteiger partial charge in [0.25, 0.3) is 0 Å². The third kappa shape index (κ3) is 8.10. The standard InChI is InChI=1S/C27H34N8O7S/c1-41-11-12-42-26-32-23(28)22-24(33-26)35(27(40)31-22)15-17-5-3-16(4-6-17)14-30-20(37)8-7-19(36)29-9-10-34-21(38)13-18(43-2)25(34)39/h3-6,18H,7-15H2,1-2H3,(H,29,36)(H,30,37)(H,31,40)(H2,28,32,33). The van der Waals surface area contributed by atoms with Gasteiger partial charge in [0.1, 0.15) is 12.1 Å². The normalized spacial score (nSPS) is 14.8. The summed E-state index contributed by atoms with van der Waals surface area (Å²) in [5.74, 6) is -1.01. The minimum absolute atomic E-state index is 0.00825. The van der Waals surface area contributed by atoms with E-state index in [1.54, 1.807) is 13.4 Å². The van der Waals surface area contributed by atoms with E-state index in [1.165, 1.54) is 21.2 Å². The van der Waals surface area contributed by atoms with Crippen molar-refractivity contribution >= 4 is 52.4 Å². The highest BCUT2D eigenvalue weighted by molar-refractivity contribution is 8.00. The van der Waals surface area contributed by atoms with Crippen LogP contribution in [0.5, 0.6) is 6.01 Å². The zero-order chi connectivity index (χ0) is 30.9. The summed E-state index contributed by atoms with van der Waals surface area (Å²) < 4.78 is 11.8. The first-order valence-electron chi connectivity index (χ1n) is 13.6. The van der Waals surface area contributed by atoms with E-state index in [0.717, 1.165) is 11.1 Å². The zero-order valence-electron chi connectivity index (χ0n) is 23.9. The smallest absolute Gasteiger partial charge is 0.328 e. The summed E-state index contributed by atoms with van der Waals surface area (Å²) in [5, 5.41) is 5.06. The van der Waals surface area contributed by atoms with Crippen LogP contribution < -0.4 is 26.8 Å². The SMILES string of the molecule is COCCOc1nc(N)c2[nH]c(=O)n(Cc3ccc(CNC(=O)CCC(=O)NCCN4C(=O)CC(SC)C4=O)cc3)c2n1. The van der Waals surface area contributed by atoms with Gasteiger partial charge >= 0.3 is 11.7 Å². The highest BCUT2D eigenvalue weighted by atomic mass is 32.2. The Morgan fingerprint density at radius 1 is 1.07 bits per heavy atom. The van der Waals surface area contributed by atoms with Gasteiger partial charge in [-0.15, -0.1) is 0 Å². The van der Waals surface area contributed by atoms with Gasteiger partial charge in [-0.1, -0.05) is 24.3 Å². The maximum Gasteiger partial charge on any atom is 0.328 e. The highest BCUT2D eigenvalue weighted by Gasteiger charge is 2.37. The van der Waals surface area contributed by atoms with E-state index in [2.05, 4.69) is 25.6 Å². The Labute approximate surface area is 250 Å². The number of fused-ring (bicyclic) bond motifs is 1. The monoisotopic (exact) mass is 614 g/mol. The van der Waals surface area contributed by atoms with Gasteiger partial charge < -0.3 is 30.8 Å². The number of aromatic amines is 1. The number of aromatic nitrogens is 4. The van der Waals surface area contributed by atoms with Crippen molar-refractivity contribution in [2.45, 2.75) is 37.6 Å². The van der Waals surface area contributed by atoms with Crippen molar-refractivity contribution in [1.29, 1.82) is 0 Å². The predicted molar refractivity (Wildman–Crippen MR) is 158 cm³/mol. The number of rotatable bonds is 15. The second kappa shape index (κ2) is 14.6. The van der Waals surface area contributed by atoms with Crippen molar-refractivity contribution in [3.05, 3.63) is 45.9 Å². The van der Waals surface area contributed by atoms with E-state index in [1.807, 2.05) is 24.3 Å². The van der Waals surface area contributed by atoms with Crippen molar-refractivity contribution in [3.63, 3.8) is 0 Å². The third-order valence-corrected chi connectivity index (χ3v) is 7.66. The minimum Gasteiger partial charge on any atom is -0.461 e. The van der Waals surface area contributed by atoms with Crippen molar-refractivity contribution in [1.82, 2.24) is 35.1 Å². The number of nitrogens with one attached hydrogen (secondary N) is 3. The number of amides is 4. The van der Waals surface area contributed by atoms with E-state index >= 15 is 0 Å². The molecule has 5 N–H and O–H groups in total. The molecule has 1 unspecified atom stereocenters. The first-order chi connectivity index (χ1) is 20.7. The number of ether oxygens (including phenoxy) is 2. The molecule has 1 aliphatic rings. The maximum absolute atomic E-state index is 12.6. The van der Waals surface area contributed by atoms with E-state index in [-0.39, 0.29) is 92.8 Å². The van der Waals surface area contributed by atoms with Crippen LogP contribution >= 0.6 is 11.8 Å². The van der Waals surface area contributed by atoms with Crippen LogP contribution in [0.2, 0.25) is 0 Å². The van der Waals surface area contributed by atoms with Crippen molar-refractivity contribution in [2.75, 3.05) is 45.4 Å². The van der Waals surface area contributed by atoms with Crippen molar-refractivity contribution in [3.8, 4) is 6.01 Å². The van der Waals surface area contributed by atoms with Gasteiger partial charge in [0.15, 0.2) is 11.5 Å². The summed E-state index contributed by atoms with van der Waals surface area (Å²) in [5.41, 5.74) is 7.87. The first kappa shape index (κ1) is 31.5. The molecule has 230 valence electrons. The van der Waals surface area contributed by atoms with Gasteiger partial charge in [0.2, 0.25) is 23.6 Å². The molecule has 1 fully saturated rings. The quantitative estimate of drug-likeness (QED) is 0.130. The summed E-state index contributed by atoms with van der Waals surface area (Å²) in [6.07, 6.45) is 1.93. The van der Waals surface area contributed by atoms with Crippen LogP contribution in [-0.2, 0) is 37.0 Å². The molecule has 1 aliphatic heterocycles. The summed E-state index contributed by atoms with van der Waals surface area (Å²) in [6.45, 7) is 1.30. The van der Waals surface area contributed by atoms with E-state index in [0.29, 0.717) is 17.8 Å². The number of imidazole rings is 1. The number of methoxy groups -OCH3 is 1. The number of hydrogen-bond acceptors (Lipinski definition) is 11. The molecule has 0 radical (unpaired) electrons. The third-order valence-electron chi connectivity index (χ3n) is 6.73. The van der Waals surface area contributed by atoms with Gasteiger partial charge in [-0.05, 0) is 17.4 Å². The molecular formula is C27H34N8O7S. The van der Waals surface area contributed by atoms with Crippen LogP contribution in [0, 0.1) is 0 Å². The molecule has 4 rings (SSSR count). The minimum atomic E-state index is -0.396. The lowest BCUT2D eigenvalue weighted by atomic mass is 10.1. The average molecular weight is 615 g/mol. The maximum atomic E-state index is 12.6. The summed E-state index contributed by atoms with van der Waals surface area (Å²) in [7, 11) is 1.54. The van der Waals surface area contributed by atoms with Crippen molar-refractivity contribution in [2.24, 2.45) is 0 Å². The molecule has 3 aromatic rings. The number of nitrogens with two attached hydrogens (primary N) is 1. The number of H-pyrrole nitrogens is 1. The highest BCUT2D eigenvalue weighted by Crippen LogP contribution is 2.22. The second-order valence-electron chi connectivity index (χ2n) is 9.70. The van der Waals surface area contributed by atoms with Crippen LogP contribution in [0.1, 0.15) is 30.4 Å². The van der Waals surface area contributed by atoms with E-state index in [4.69, 9.17) is 15.2 Å². The zero-order valence-corrected chi connectivity index (χ0v) is 24.7. The van der Waals surface area contributed by atoms with E-state index in [9.17, 15) is 24.0 Å². The van der Waals surface area contributed by atoms with Gasteiger partial charge in [0.05, 0.1) is 18.4 Å². The average Bonchev–Trinajstić information content (AvgIpc) is 3.46. The fraction of sp³-hybridized carbons (Fsp3) is 0.444. The van der Waals surface area contributed by atoms with Crippen LogP contribution in [0.4, 0.5) is 5.82 Å². The lowest BCUT2D eigenvalue weighted by Crippen LogP contribution is -2.39. The Kier molecular flexibility index (Phi) is 10.7. The Morgan fingerprint density at radius 3 is 2.44 bits per heavy atom. The molecule has 4 amide bonds. The number of carbonyl (C=O) groups excluding carboxylic acids is 4. The Bertz CT molecular complexity index is 1540. The number of anilines is 1. The molecule has 1 atom stereocenters. The number of likely N-dealkylation sites (tertiary alicyclic amines) is 1. The molecule has 0 bridgehead atoms. The molecule has 0 saturated carbocycles. The summed E-state index contributed by atoms with van der Waals surface area (Å²) in [4.78, 5) is 73.3. The molecule has 16 heteroatoms. The fourth-order valence-electron chi connectivity index (χ4n) is 4.39. The first-order valence-corrected chi connectivity index (χ1v) is 14.8. The lowest BCUT2D eigenvalue weighted by Gasteiger charge is -2.14. The number of benzene rings is 1.